The van der Waals surface area contributed by atoms with Crippen LogP contribution in [-0.4, -0.2) is 30.6 Å². The Morgan fingerprint density at radius 2 is 2.25 bits per heavy atom. The minimum absolute atomic E-state index is 0.0509. The molecule has 1 aromatic carbocycles. The summed E-state index contributed by atoms with van der Waals surface area (Å²) in [6.07, 6.45) is 4.11. The Labute approximate surface area is 150 Å². The van der Waals surface area contributed by atoms with Gasteiger partial charge in [-0.15, -0.1) is 11.3 Å². The fraction of sp³-hybridized carbons (Fsp3) is 0.412. The number of aromatic nitrogens is 1. The van der Waals surface area contributed by atoms with Gasteiger partial charge < -0.3 is 10.1 Å². The van der Waals surface area contributed by atoms with E-state index in [-0.39, 0.29) is 12.5 Å². The number of hydrogen-bond acceptors (Lipinski definition) is 5. The molecule has 1 saturated heterocycles. The maximum atomic E-state index is 12.0. The second kappa shape index (κ2) is 7.96. The highest BCUT2D eigenvalue weighted by molar-refractivity contribution is 7.15. The Morgan fingerprint density at radius 3 is 3.00 bits per heavy atom. The van der Waals surface area contributed by atoms with Crippen molar-refractivity contribution in [2.24, 2.45) is 0 Å². The third kappa shape index (κ3) is 4.47. The largest absolute Gasteiger partial charge is 0.483 e. The Kier molecular flexibility index (Phi) is 5.71. The Bertz CT molecular complexity index is 714. The molecule has 1 fully saturated rings. The van der Waals surface area contributed by atoms with Crippen molar-refractivity contribution in [3.05, 3.63) is 39.9 Å². The van der Waals surface area contributed by atoms with E-state index in [0.717, 1.165) is 31.5 Å². The molecule has 1 aliphatic rings. The number of halogens is 1. The molecule has 2 aromatic rings. The summed E-state index contributed by atoms with van der Waals surface area (Å²) in [6, 6.07) is 5.32. The van der Waals surface area contributed by atoms with Gasteiger partial charge >= 0.3 is 0 Å². The summed E-state index contributed by atoms with van der Waals surface area (Å²) >= 11 is 7.46. The minimum Gasteiger partial charge on any atom is -0.483 e. The van der Waals surface area contributed by atoms with Crippen molar-refractivity contribution in [3.8, 4) is 5.75 Å². The molecular weight excluding hydrogens is 346 g/mol. The molecule has 0 saturated carbocycles. The monoisotopic (exact) mass is 365 g/mol. The zero-order valence-corrected chi connectivity index (χ0v) is 15.0. The predicted octanol–water partition coefficient (Wildman–Crippen LogP) is 3.59. The molecule has 2 N–H and O–H groups in total. The first-order valence-electron chi connectivity index (χ1n) is 7.97. The first-order chi connectivity index (χ1) is 11.6. The summed E-state index contributed by atoms with van der Waals surface area (Å²) in [5, 5.41) is 7.44. The van der Waals surface area contributed by atoms with Gasteiger partial charge in [-0.05, 0) is 62.5 Å². The van der Waals surface area contributed by atoms with Gasteiger partial charge in [0.15, 0.2) is 11.7 Å². The van der Waals surface area contributed by atoms with Crippen LogP contribution < -0.4 is 15.4 Å². The van der Waals surface area contributed by atoms with Crippen LogP contribution in [0.4, 0.5) is 5.13 Å². The standard InChI is InChI=1S/C17H20ClN3O2S/c1-11-8-13(18)2-3-14(11)23-10-16(22)21-17-20-9-15(24-17)12-4-6-19-7-5-12/h2-3,8-9,12,19H,4-7,10H2,1H3,(H,20,21,22). The molecule has 1 aliphatic heterocycles. The van der Waals surface area contributed by atoms with Gasteiger partial charge in [0.2, 0.25) is 0 Å². The third-order valence-electron chi connectivity index (χ3n) is 4.01. The van der Waals surface area contributed by atoms with Crippen molar-refractivity contribution in [3.63, 3.8) is 0 Å². The van der Waals surface area contributed by atoms with Crippen LogP contribution in [0.1, 0.15) is 29.2 Å². The summed E-state index contributed by atoms with van der Waals surface area (Å²) in [7, 11) is 0. The van der Waals surface area contributed by atoms with Gasteiger partial charge in [0.1, 0.15) is 5.75 Å². The number of thiazole rings is 1. The molecule has 0 radical (unpaired) electrons. The molecule has 2 heterocycles. The lowest BCUT2D eigenvalue weighted by atomic mass is 9.97. The molecule has 5 nitrogen and oxygen atoms in total. The van der Waals surface area contributed by atoms with E-state index in [2.05, 4.69) is 15.6 Å². The number of benzene rings is 1. The van der Waals surface area contributed by atoms with Gasteiger partial charge in [-0.3, -0.25) is 10.1 Å². The number of ether oxygens (including phenoxy) is 1. The average Bonchev–Trinajstić information content (AvgIpc) is 3.03. The van der Waals surface area contributed by atoms with Crippen molar-refractivity contribution in [1.82, 2.24) is 10.3 Å². The van der Waals surface area contributed by atoms with Gasteiger partial charge in [-0.1, -0.05) is 11.6 Å². The van der Waals surface area contributed by atoms with E-state index in [9.17, 15) is 4.79 Å². The quantitative estimate of drug-likeness (QED) is 0.849. The summed E-state index contributed by atoms with van der Waals surface area (Å²) in [4.78, 5) is 17.6. The van der Waals surface area contributed by atoms with Crippen LogP contribution in [0.25, 0.3) is 0 Å². The van der Waals surface area contributed by atoms with E-state index in [1.165, 1.54) is 4.88 Å². The number of aryl methyl sites for hydroxylation is 1. The minimum atomic E-state index is -0.212. The number of carbonyl (C=O) groups is 1. The van der Waals surface area contributed by atoms with Crippen LogP contribution in [0.3, 0.4) is 0 Å². The molecular formula is C17H20ClN3O2S. The van der Waals surface area contributed by atoms with Gasteiger partial charge in [0, 0.05) is 16.1 Å². The molecule has 128 valence electrons. The maximum Gasteiger partial charge on any atom is 0.264 e. The number of carbonyl (C=O) groups excluding carboxylic acids is 1. The van der Waals surface area contributed by atoms with E-state index >= 15 is 0 Å². The Morgan fingerprint density at radius 1 is 1.46 bits per heavy atom. The van der Waals surface area contributed by atoms with Crippen LogP contribution in [-0.2, 0) is 4.79 Å². The van der Waals surface area contributed by atoms with E-state index in [0.29, 0.717) is 21.8 Å². The first kappa shape index (κ1) is 17.2. The lowest BCUT2D eigenvalue weighted by Crippen LogP contribution is -2.26. The smallest absolute Gasteiger partial charge is 0.264 e. The number of anilines is 1. The summed E-state index contributed by atoms with van der Waals surface area (Å²) in [5.41, 5.74) is 0.901. The topological polar surface area (TPSA) is 63.2 Å². The molecule has 0 aliphatic carbocycles. The SMILES string of the molecule is Cc1cc(Cl)ccc1OCC(=O)Nc1ncc(C2CCNCC2)s1. The van der Waals surface area contributed by atoms with Crippen molar-refractivity contribution >= 4 is 34.0 Å². The second-order valence-corrected chi connectivity index (χ2v) is 7.34. The predicted molar refractivity (Wildman–Crippen MR) is 97.3 cm³/mol. The van der Waals surface area contributed by atoms with E-state index in [1.54, 1.807) is 29.5 Å². The number of rotatable bonds is 5. The number of nitrogens with one attached hydrogen (secondary N) is 2. The molecule has 1 amide bonds. The van der Waals surface area contributed by atoms with Crippen LogP contribution >= 0.6 is 22.9 Å². The van der Waals surface area contributed by atoms with Gasteiger partial charge in [-0.2, -0.15) is 0 Å². The lowest BCUT2D eigenvalue weighted by Gasteiger charge is -2.20. The van der Waals surface area contributed by atoms with Crippen LogP contribution in [0.15, 0.2) is 24.4 Å². The van der Waals surface area contributed by atoms with Crippen molar-refractivity contribution in [2.75, 3.05) is 25.0 Å². The van der Waals surface area contributed by atoms with E-state index in [4.69, 9.17) is 16.3 Å². The van der Waals surface area contributed by atoms with Crippen molar-refractivity contribution in [2.45, 2.75) is 25.7 Å². The van der Waals surface area contributed by atoms with Crippen molar-refractivity contribution in [1.29, 1.82) is 0 Å². The van der Waals surface area contributed by atoms with Gasteiger partial charge in [0.05, 0.1) is 0 Å². The molecule has 0 bridgehead atoms. The second-order valence-electron chi connectivity index (χ2n) is 5.84. The average molecular weight is 366 g/mol. The zero-order valence-electron chi connectivity index (χ0n) is 13.5. The lowest BCUT2D eigenvalue weighted by molar-refractivity contribution is -0.118. The molecule has 0 atom stereocenters. The van der Waals surface area contributed by atoms with Crippen LogP contribution in [0.5, 0.6) is 5.75 Å². The Balaban J connectivity index is 1.52. The Hall–Kier alpha value is -1.63. The molecule has 0 spiro atoms. The van der Waals surface area contributed by atoms with Gasteiger partial charge in [-0.25, -0.2) is 4.98 Å². The number of hydrogen-bond donors (Lipinski definition) is 2. The number of amides is 1. The first-order valence-corrected chi connectivity index (χ1v) is 9.16. The van der Waals surface area contributed by atoms with Crippen molar-refractivity contribution < 1.29 is 9.53 Å². The summed E-state index contributed by atoms with van der Waals surface area (Å²) in [6.45, 7) is 3.92. The molecule has 3 rings (SSSR count). The summed E-state index contributed by atoms with van der Waals surface area (Å²) < 4.78 is 5.55. The fourth-order valence-electron chi connectivity index (χ4n) is 2.71. The van der Waals surface area contributed by atoms with Crippen LogP contribution in [0.2, 0.25) is 5.02 Å². The number of piperidine rings is 1. The van der Waals surface area contributed by atoms with Gasteiger partial charge in [0.25, 0.3) is 5.91 Å². The normalized spacial score (nSPS) is 15.2. The fourth-order valence-corrected chi connectivity index (χ4v) is 3.94. The number of nitrogens with zero attached hydrogens (tertiary/aromatic N) is 1. The van der Waals surface area contributed by atoms with Crippen LogP contribution in [0, 0.1) is 6.92 Å². The molecule has 24 heavy (non-hydrogen) atoms. The zero-order chi connectivity index (χ0) is 16.9. The molecule has 7 heteroatoms. The molecule has 1 aromatic heterocycles. The van der Waals surface area contributed by atoms with E-state index in [1.807, 2.05) is 13.1 Å². The van der Waals surface area contributed by atoms with E-state index < -0.39 is 0 Å². The maximum absolute atomic E-state index is 12.0. The highest BCUT2D eigenvalue weighted by atomic mass is 35.5. The molecule has 0 unspecified atom stereocenters. The highest BCUT2D eigenvalue weighted by Gasteiger charge is 2.18. The summed E-state index contributed by atoms with van der Waals surface area (Å²) in [5.74, 6) is 0.988. The third-order valence-corrected chi connectivity index (χ3v) is 5.32. The highest BCUT2D eigenvalue weighted by Crippen LogP contribution is 2.31.